The number of anilines is 1. The Balaban J connectivity index is 1.78. The van der Waals surface area contributed by atoms with Crippen LogP contribution in [0.15, 0.2) is 35.4 Å². The van der Waals surface area contributed by atoms with Crippen molar-refractivity contribution < 1.29 is 17.5 Å². The van der Waals surface area contributed by atoms with E-state index in [1.165, 1.54) is 31.5 Å². The zero-order valence-corrected chi connectivity index (χ0v) is 15.7. The maximum atomic E-state index is 13.8. The van der Waals surface area contributed by atoms with Gasteiger partial charge in [0.25, 0.3) is 0 Å². The Labute approximate surface area is 156 Å². The van der Waals surface area contributed by atoms with Gasteiger partial charge in [-0.15, -0.1) is 0 Å². The molecule has 0 bridgehead atoms. The van der Waals surface area contributed by atoms with Crippen molar-refractivity contribution in [3.63, 3.8) is 0 Å². The number of sulfonamides is 1. The second kappa shape index (κ2) is 7.77. The van der Waals surface area contributed by atoms with Gasteiger partial charge in [-0.2, -0.15) is 0 Å². The highest BCUT2D eigenvalue weighted by atomic mass is 35.5. The lowest BCUT2D eigenvalue weighted by atomic mass is 10.2. The Morgan fingerprint density at radius 1 is 1.35 bits per heavy atom. The van der Waals surface area contributed by atoms with E-state index in [4.69, 9.17) is 16.3 Å². The Morgan fingerprint density at radius 3 is 2.77 bits per heavy atom. The van der Waals surface area contributed by atoms with E-state index in [-0.39, 0.29) is 28.0 Å². The molecule has 1 aromatic carbocycles. The van der Waals surface area contributed by atoms with Crippen LogP contribution < -0.4 is 14.8 Å². The van der Waals surface area contributed by atoms with Crippen LogP contribution in [-0.2, 0) is 16.6 Å². The average Bonchev–Trinajstić information content (AvgIpc) is 3.42. The second-order valence-electron chi connectivity index (χ2n) is 6.09. The summed E-state index contributed by atoms with van der Waals surface area (Å²) in [6.45, 7) is 0.566. The van der Waals surface area contributed by atoms with Crippen LogP contribution in [-0.4, -0.2) is 27.1 Å². The highest BCUT2D eigenvalue weighted by molar-refractivity contribution is 7.89. The van der Waals surface area contributed by atoms with Crippen molar-refractivity contribution in [3.05, 3.63) is 46.9 Å². The van der Waals surface area contributed by atoms with E-state index in [2.05, 4.69) is 15.0 Å². The number of ether oxygens (including phenoxy) is 1. The maximum absolute atomic E-state index is 13.8. The van der Waals surface area contributed by atoms with E-state index in [0.29, 0.717) is 18.0 Å². The number of hydrogen-bond donors (Lipinski definition) is 2. The summed E-state index contributed by atoms with van der Waals surface area (Å²) in [5.41, 5.74) is 0.458. The third-order valence-electron chi connectivity index (χ3n) is 4.06. The van der Waals surface area contributed by atoms with Crippen molar-refractivity contribution in [3.8, 4) is 5.75 Å². The first kappa shape index (κ1) is 18.9. The lowest BCUT2D eigenvalue weighted by Gasteiger charge is -2.14. The molecular formula is C17H19ClFN3O3S. The third kappa shape index (κ3) is 4.44. The van der Waals surface area contributed by atoms with Crippen LogP contribution in [0.5, 0.6) is 5.75 Å². The molecule has 0 unspecified atom stereocenters. The van der Waals surface area contributed by atoms with Crippen LogP contribution in [0.3, 0.4) is 0 Å². The number of nitrogens with one attached hydrogen (secondary N) is 2. The molecule has 0 amide bonds. The largest absolute Gasteiger partial charge is 0.494 e. The molecular weight excluding hydrogens is 381 g/mol. The molecule has 1 heterocycles. The summed E-state index contributed by atoms with van der Waals surface area (Å²) in [7, 11) is -2.57. The van der Waals surface area contributed by atoms with Crippen molar-refractivity contribution in [1.82, 2.24) is 9.71 Å². The summed E-state index contributed by atoms with van der Waals surface area (Å²) >= 11 is 6.12. The molecule has 6 nitrogen and oxygen atoms in total. The third-order valence-corrected chi connectivity index (χ3v) is 5.96. The summed E-state index contributed by atoms with van der Waals surface area (Å²) in [4.78, 5) is 4.01. The van der Waals surface area contributed by atoms with Gasteiger partial charge in [-0.05, 0) is 42.5 Å². The van der Waals surface area contributed by atoms with Crippen LogP contribution in [0.1, 0.15) is 18.4 Å². The summed E-state index contributed by atoms with van der Waals surface area (Å²) in [5.74, 6) is 0.299. The van der Waals surface area contributed by atoms with Crippen molar-refractivity contribution in [2.24, 2.45) is 5.92 Å². The number of methoxy groups -OCH3 is 1. The van der Waals surface area contributed by atoms with E-state index in [9.17, 15) is 12.8 Å². The van der Waals surface area contributed by atoms with Crippen molar-refractivity contribution in [2.75, 3.05) is 19.0 Å². The van der Waals surface area contributed by atoms with Gasteiger partial charge in [0.1, 0.15) is 10.7 Å². The van der Waals surface area contributed by atoms with E-state index < -0.39 is 15.8 Å². The fourth-order valence-electron chi connectivity index (χ4n) is 2.44. The van der Waals surface area contributed by atoms with E-state index in [1.54, 1.807) is 6.07 Å². The van der Waals surface area contributed by atoms with Gasteiger partial charge in [0.05, 0.1) is 12.1 Å². The molecule has 26 heavy (non-hydrogen) atoms. The molecule has 0 atom stereocenters. The standard InChI is InChI=1S/C17H19ClFN3O3S/c1-25-15-5-4-12(8-14(15)19)10-22-26(23,24)16-13(18)6-7-20-17(16)21-9-11-2-3-11/h4-8,11,22H,2-3,9-10H2,1H3,(H,20,21). The van der Waals surface area contributed by atoms with Crippen LogP contribution in [0.2, 0.25) is 5.02 Å². The van der Waals surface area contributed by atoms with Gasteiger partial charge in [-0.1, -0.05) is 17.7 Å². The second-order valence-corrected chi connectivity index (χ2v) is 8.20. The first-order chi connectivity index (χ1) is 12.4. The first-order valence-corrected chi connectivity index (χ1v) is 9.97. The summed E-state index contributed by atoms with van der Waals surface area (Å²) in [6, 6.07) is 5.67. The minimum absolute atomic E-state index is 0.0757. The Hall–Kier alpha value is -1.90. The van der Waals surface area contributed by atoms with Gasteiger partial charge < -0.3 is 10.1 Å². The SMILES string of the molecule is COc1ccc(CNS(=O)(=O)c2c(Cl)ccnc2NCC2CC2)cc1F. The number of benzene rings is 1. The molecule has 0 aliphatic heterocycles. The molecule has 1 aliphatic rings. The van der Waals surface area contributed by atoms with E-state index in [0.717, 1.165) is 12.8 Å². The summed E-state index contributed by atoms with van der Waals surface area (Å²) in [6.07, 6.45) is 3.70. The maximum Gasteiger partial charge on any atom is 0.246 e. The smallest absolute Gasteiger partial charge is 0.246 e. The fraction of sp³-hybridized carbons (Fsp3) is 0.353. The molecule has 0 saturated heterocycles. The fourth-order valence-corrected chi connectivity index (χ4v) is 4.10. The molecule has 2 N–H and O–H groups in total. The van der Waals surface area contributed by atoms with Gasteiger partial charge in [0.15, 0.2) is 11.6 Å². The minimum atomic E-state index is -3.94. The van der Waals surface area contributed by atoms with Gasteiger partial charge in [0.2, 0.25) is 10.0 Å². The normalized spacial score (nSPS) is 14.3. The summed E-state index contributed by atoms with van der Waals surface area (Å²) in [5, 5.41) is 3.13. The lowest BCUT2D eigenvalue weighted by molar-refractivity contribution is 0.386. The van der Waals surface area contributed by atoms with Crippen LogP contribution >= 0.6 is 11.6 Å². The summed E-state index contributed by atoms with van der Waals surface area (Å²) < 4.78 is 46.5. The van der Waals surface area contributed by atoms with Crippen molar-refractivity contribution in [1.29, 1.82) is 0 Å². The Morgan fingerprint density at radius 2 is 2.12 bits per heavy atom. The van der Waals surface area contributed by atoms with Gasteiger partial charge >= 0.3 is 0 Å². The minimum Gasteiger partial charge on any atom is -0.494 e. The van der Waals surface area contributed by atoms with Crippen molar-refractivity contribution in [2.45, 2.75) is 24.3 Å². The predicted molar refractivity (Wildman–Crippen MR) is 97.4 cm³/mol. The van der Waals surface area contributed by atoms with Gasteiger partial charge in [-0.25, -0.2) is 22.5 Å². The van der Waals surface area contributed by atoms with Gasteiger partial charge in [0, 0.05) is 19.3 Å². The predicted octanol–water partition coefficient (Wildman–Crippen LogP) is 3.18. The number of aromatic nitrogens is 1. The molecule has 3 rings (SSSR count). The number of hydrogen-bond acceptors (Lipinski definition) is 5. The topological polar surface area (TPSA) is 80.3 Å². The first-order valence-electron chi connectivity index (χ1n) is 8.11. The zero-order chi connectivity index (χ0) is 18.7. The highest BCUT2D eigenvalue weighted by Gasteiger charge is 2.26. The molecule has 1 aromatic heterocycles. The number of rotatable bonds is 8. The molecule has 1 fully saturated rings. The van der Waals surface area contributed by atoms with E-state index >= 15 is 0 Å². The van der Waals surface area contributed by atoms with Crippen LogP contribution in [0.25, 0.3) is 0 Å². The average molecular weight is 400 g/mol. The quantitative estimate of drug-likeness (QED) is 0.712. The monoisotopic (exact) mass is 399 g/mol. The molecule has 1 saturated carbocycles. The molecule has 1 aliphatic carbocycles. The lowest BCUT2D eigenvalue weighted by Crippen LogP contribution is -2.25. The molecule has 0 radical (unpaired) electrons. The molecule has 0 spiro atoms. The highest BCUT2D eigenvalue weighted by Crippen LogP contribution is 2.31. The molecule has 9 heteroatoms. The number of pyridine rings is 1. The Kier molecular flexibility index (Phi) is 5.64. The number of halogens is 2. The molecule has 140 valence electrons. The zero-order valence-electron chi connectivity index (χ0n) is 14.1. The van der Waals surface area contributed by atoms with E-state index in [1.807, 2.05) is 0 Å². The Bertz CT molecular complexity index is 904. The molecule has 2 aromatic rings. The van der Waals surface area contributed by atoms with Crippen LogP contribution in [0, 0.1) is 11.7 Å². The van der Waals surface area contributed by atoms with Crippen LogP contribution in [0.4, 0.5) is 10.2 Å². The number of nitrogens with zero attached hydrogens (tertiary/aromatic N) is 1. The van der Waals surface area contributed by atoms with Crippen molar-refractivity contribution >= 4 is 27.4 Å². The van der Waals surface area contributed by atoms with Gasteiger partial charge in [-0.3, -0.25) is 0 Å².